The molecule has 3 saturated heterocycles. The molecule has 7 rings (SSSR count). The number of aromatic nitrogens is 3. The SMILES string of the molecule is CCc1cc(Nc2nc(CC3CCOCC34CC4)c(-c3ncccc3C)nc2C(N)=O)ccc1N1CCC(N2CCN(C)CC2)CC1. The number of rotatable bonds is 9. The maximum absolute atomic E-state index is 12.9. The van der Waals surface area contributed by atoms with Crippen LogP contribution in [0.3, 0.4) is 0 Å². The van der Waals surface area contributed by atoms with Gasteiger partial charge in [-0.05, 0) is 106 Å². The van der Waals surface area contributed by atoms with Gasteiger partial charge in [-0.3, -0.25) is 14.7 Å². The molecule has 4 fully saturated rings. The summed E-state index contributed by atoms with van der Waals surface area (Å²) in [6.07, 6.45) is 9.21. The largest absolute Gasteiger partial charge is 0.381 e. The standard InChI is InChI=1S/C37H50N8O2/c1-4-26-22-28(7-8-31(26)45-15-9-29(10-16-45)44-19-17-43(3)18-20-44)40-36-34(35(38)46)42-33(32-25(2)6-5-14-39-32)30(41-36)23-27-11-21-47-24-37(27)12-13-37/h5-8,14,22,27,29H,4,9-13,15-21,23-24H2,1-3H3,(H2,38,46)(H,40,41). The van der Waals surface area contributed by atoms with Gasteiger partial charge in [0.1, 0.15) is 5.69 Å². The van der Waals surface area contributed by atoms with Crippen molar-refractivity contribution in [3.05, 3.63) is 59.0 Å². The van der Waals surface area contributed by atoms with Crippen molar-refractivity contribution in [1.82, 2.24) is 24.8 Å². The first-order chi connectivity index (χ1) is 22.8. The van der Waals surface area contributed by atoms with Crippen LogP contribution in [0, 0.1) is 18.3 Å². The third-order valence-electron chi connectivity index (χ3n) is 11.2. The molecule has 47 heavy (non-hydrogen) atoms. The Hall–Kier alpha value is -3.60. The van der Waals surface area contributed by atoms with Crippen LogP contribution < -0.4 is 16.0 Å². The highest BCUT2D eigenvalue weighted by Crippen LogP contribution is 2.56. The third-order valence-corrected chi connectivity index (χ3v) is 11.2. The Kier molecular flexibility index (Phi) is 9.18. The third kappa shape index (κ3) is 6.73. The number of benzene rings is 1. The Bertz CT molecular complexity index is 1590. The zero-order valence-electron chi connectivity index (χ0n) is 28.3. The highest BCUT2D eigenvalue weighted by Gasteiger charge is 2.51. The summed E-state index contributed by atoms with van der Waals surface area (Å²) in [6, 6.07) is 11.1. The Morgan fingerprint density at radius 3 is 2.53 bits per heavy atom. The molecule has 0 radical (unpaired) electrons. The van der Waals surface area contributed by atoms with Crippen LogP contribution in [0.4, 0.5) is 17.2 Å². The maximum Gasteiger partial charge on any atom is 0.271 e. The lowest BCUT2D eigenvalue weighted by Gasteiger charge is -2.43. The Balaban J connectivity index is 1.15. The minimum Gasteiger partial charge on any atom is -0.381 e. The number of piperidine rings is 1. The molecule has 5 heterocycles. The predicted molar refractivity (Wildman–Crippen MR) is 186 cm³/mol. The first kappa shape index (κ1) is 32.0. The second-order valence-electron chi connectivity index (χ2n) is 14.2. The van der Waals surface area contributed by atoms with E-state index in [2.05, 4.69) is 57.2 Å². The number of primary amides is 1. The average molecular weight is 639 g/mol. The lowest BCUT2D eigenvalue weighted by Crippen LogP contribution is -2.52. The molecular formula is C37H50N8O2. The number of pyridine rings is 1. The van der Waals surface area contributed by atoms with Gasteiger partial charge in [-0.2, -0.15) is 0 Å². The van der Waals surface area contributed by atoms with Crippen molar-refractivity contribution < 1.29 is 9.53 Å². The predicted octanol–water partition coefficient (Wildman–Crippen LogP) is 4.83. The molecule has 3 aliphatic heterocycles. The number of carbonyl (C=O) groups is 1. The van der Waals surface area contributed by atoms with Crippen LogP contribution in [-0.2, 0) is 17.6 Å². The molecule has 250 valence electrons. The van der Waals surface area contributed by atoms with Crippen molar-refractivity contribution in [3.63, 3.8) is 0 Å². The molecule has 10 nitrogen and oxygen atoms in total. The molecule has 1 atom stereocenters. The summed E-state index contributed by atoms with van der Waals surface area (Å²) in [5.41, 5.74) is 13.0. The summed E-state index contributed by atoms with van der Waals surface area (Å²) in [5.74, 6) is 0.248. The van der Waals surface area contributed by atoms with Crippen LogP contribution in [0.5, 0.6) is 0 Å². The van der Waals surface area contributed by atoms with E-state index in [1.54, 1.807) is 6.20 Å². The van der Waals surface area contributed by atoms with Gasteiger partial charge in [0.15, 0.2) is 11.5 Å². The van der Waals surface area contributed by atoms with Crippen molar-refractivity contribution in [2.45, 2.75) is 64.8 Å². The van der Waals surface area contributed by atoms with Gasteiger partial charge in [0.05, 0.1) is 18.0 Å². The van der Waals surface area contributed by atoms with Gasteiger partial charge >= 0.3 is 0 Å². The number of ether oxygens (including phenoxy) is 1. The van der Waals surface area contributed by atoms with E-state index in [0.717, 1.165) is 68.2 Å². The molecule has 10 heteroatoms. The van der Waals surface area contributed by atoms with Crippen molar-refractivity contribution in [2.24, 2.45) is 17.1 Å². The number of hydrogen-bond acceptors (Lipinski definition) is 9. The lowest BCUT2D eigenvalue weighted by atomic mass is 9.81. The van der Waals surface area contributed by atoms with Gasteiger partial charge in [0, 0.05) is 69.5 Å². The van der Waals surface area contributed by atoms with E-state index in [1.807, 2.05) is 19.1 Å². The number of piperazine rings is 1. The van der Waals surface area contributed by atoms with Crippen LogP contribution in [0.25, 0.3) is 11.4 Å². The van der Waals surface area contributed by atoms with Crippen LogP contribution in [0.15, 0.2) is 36.5 Å². The minimum absolute atomic E-state index is 0.134. The second kappa shape index (κ2) is 13.5. The van der Waals surface area contributed by atoms with Gasteiger partial charge < -0.3 is 25.6 Å². The molecule has 1 spiro atoms. The molecule has 1 aromatic carbocycles. The lowest BCUT2D eigenvalue weighted by molar-refractivity contribution is 0.00308. The van der Waals surface area contributed by atoms with E-state index in [0.29, 0.717) is 23.5 Å². The summed E-state index contributed by atoms with van der Waals surface area (Å²) in [7, 11) is 2.22. The smallest absolute Gasteiger partial charge is 0.271 e. The molecule has 2 aromatic heterocycles. The number of nitrogens with one attached hydrogen (secondary N) is 1. The highest BCUT2D eigenvalue weighted by molar-refractivity contribution is 5.97. The molecule has 1 unspecified atom stereocenters. The van der Waals surface area contributed by atoms with E-state index in [9.17, 15) is 4.79 Å². The number of nitrogens with two attached hydrogens (primary N) is 1. The fraction of sp³-hybridized carbons (Fsp3) is 0.568. The van der Waals surface area contributed by atoms with Gasteiger partial charge in [0.25, 0.3) is 5.91 Å². The number of nitrogens with zero attached hydrogens (tertiary/aromatic N) is 6. The normalized spacial score (nSPS) is 22.0. The molecule has 0 bridgehead atoms. The number of carbonyl (C=O) groups excluding carboxylic acids is 1. The molecule has 3 aromatic rings. The first-order valence-corrected chi connectivity index (χ1v) is 17.6. The summed E-state index contributed by atoms with van der Waals surface area (Å²) >= 11 is 0. The Morgan fingerprint density at radius 1 is 1.04 bits per heavy atom. The summed E-state index contributed by atoms with van der Waals surface area (Å²) < 4.78 is 5.89. The quantitative estimate of drug-likeness (QED) is 0.341. The minimum atomic E-state index is -0.610. The molecular weight excluding hydrogens is 588 g/mol. The first-order valence-electron chi connectivity index (χ1n) is 17.6. The van der Waals surface area contributed by atoms with Gasteiger partial charge in [-0.1, -0.05) is 13.0 Å². The molecule has 4 aliphatic rings. The zero-order valence-corrected chi connectivity index (χ0v) is 28.3. The fourth-order valence-corrected chi connectivity index (χ4v) is 8.04. The van der Waals surface area contributed by atoms with E-state index < -0.39 is 5.91 Å². The number of likely N-dealkylation sites (N-methyl/N-ethyl adjacent to an activating group) is 1. The number of amides is 1. The fourth-order valence-electron chi connectivity index (χ4n) is 8.04. The van der Waals surface area contributed by atoms with E-state index in [4.69, 9.17) is 20.4 Å². The number of aryl methyl sites for hydroxylation is 2. The van der Waals surface area contributed by atoms with Gasteiger partial charge in [-0.15, -0.1) is 0 Å². The monoisotopic (exact) mass is 638 g/mol. The van der Waals surface area contributed by atoms with Crippen molar-refractivity contribution in [1.29, 1.82) is 0 Å². The van der Waals surface area contributed by atoms with Crippen LogP contribution in [0.1, 0.15) is 66.3 Å². The average Bonchev–Trinajstić information content (AvgIpc) is 3.86. The van der Waals surface area contributed by atoms with E-state index in [-0.39, 0.29) is 11.1 Å². The molecule has 1 saturated carbocycles. The molecule has 1 amide bonds. The van der Waals surface area contributed by atoms with Crippen LogP contribution in [-0.4, -0.2) is 96.2 Å². The van der Waals surface area contributed by atoms with Crippen LogP contribution >= 0.6 is 0 Å². The molecule has 3 N–H and O–H groups in total. The summed E-state index contributed by atoms with van der Waals surface area (Å²) in [4.78, 5) is 35.3. The van der Waals surface area contributed by atoms with Crippen LogP contribution in [0.2, 0.25) is 0 Å². The van der Waals surface area contributed by atoms with E-state index in [1.165, 1.54) is 63.1 Å². The maximum atomic E-state index is 12.9. The molecule has 1 aliphatic carbocycles. The number of hydrogen-bond donors (Lipinski definition) is 2. The summed E-state index contributed by atoms with van der Waals surface area (Å²) in [6.45, 7) is 12.6. The topological polar surface area (TPSA) is 113 Å². The zero-order chi connectivity index (χ0) is 32.5. The van der Waals surface area contributed by atoms with Gasteiger partial charge in [-0.25, -0.2) is 9.97 Å². The highest BCUT2D eigenvalue weighted by atomic mass is 16.5. The Labute approximate surface area is 279 Å². The Morgan fingerprint density at radius 2 is 1.83 bits per heavy atom. The van der Waals surface area contributed by atoms with Gasteiger partial charge in [0.2, 0.25) is 0 Å². The summed E-state index contributed by atoms with van der Waals surface area (Å²) in [5, 5.41) is 3.47. The van der Waals surface area contributed by atoms with Crippen molar-refractivity contribution in [3.8, 4) is 11.4 Å². The second-order valence-corrected chi connectivity index (χ2v) is 14.2. The number of anilines is 3. The van der Waals surface area contributed by atoms with Crippen molar-refractivity contribution in [2.75, 3.05) is 69.7 Å². The van der Waals surface area contributed by atoms with E-state index >= 15 is 0 Å². The van der Waals surface area contributed by atoms with Crippen molar-refractivity contribution >= 4 is 23.1 Å².